The Kier molecular flexibility index (Phi) is 9.30. The molecule has 0 atom stereocenters. The van der Waals surface area contributed by atoms with Gasteiger partial charge in [0.05, 0.1) is 17.8 Å². The number of carbonyl (C=O) groups excluding carboxylic acids is 2. The van der Waals surface area contributed by atoms with Crippen LogP contribution in [0.25, 0.3) is 28.4 Å². The van der Waals surface area contributed by atoms with Gasteiger partial charge in [0.2, 0.25) is 5.91 Å². The number of rotatable bonds is 9. The second-order valence-electron chi connectivity index (χ2n) is 13.3. The Labute approximate surface area is 280 Å². The van der Waals surface area contributed by atoms with Crippen molar-refractivity contribution < 1.29 is 19.4 Å². The number of hydrogen-bond donors (Lipinski definition) is 2. The number of nitrogens with zero attached hydrogens (tertiary/aromatic N) is 2. The first-order chi connectivity index (χ1) is 23.0. The van der Waals surface area contributed by atoms with Crippen LogP contribution in [0.5, 0.6) is 0 Å². The fourth-order valence-electron chi connectivity index (χ4n) is 7.93. The van der Waals surface area contributed by atoms with Gasteiger partial charge in [-0.2, -0.15) is 0 Å². The van der Waals surface area contributed by atoms with Gasteiger partial charge in [-0.1, -0.05) is 62.5 Å². The van der Waals surface area contributed by atoms with E-state index in [4.69, 9.17) is 9.87 Å². The van der Waals surface area contributed by atoms with Crippen LogP contribution in [0.2, 0.25) is 0 Å². The van der Waals surface area contributed by atoms with Crippen molar-refractivity contribution in [2.45, 2.75) is 95.6 Å². The van der Waals surface area contributed by atoms with E-state index in [1.54, 1.807) is 0 Å². The van der Waals surface area contributed by atoms with Gasteiger partial charge in [0, 0.05) is 33.6 Å². The number of hydrogen-bond acceptors (Lipinski definition) is 6. The maximum Gasteiger partial charge on any atom is 0.252 e. The van der Waals surface area contributed by atoms with Crippen LogP contribution in [0.15, 0.2) is 48.5 Å². The van der Waals surface area contributed by atoms with Crippen LogP contribution < -0.4 is 10.6 Å². The zero-order valence-electron chi connectivity index (χ0n) is 27.4. The number of amides is 2. The number of anilines is 1. The molecular weight excluding hydrogens is 609 g/mol. The Bertz CT molecular complexity index is 1790. The van der Waals surface area contributed by atoms with Crippen LogP contribution >= 0.6 is 11.3 Å². The Morgan fingerprint density at radius 3 is 2.60 bits per heavy atom. The first-order valence-corrected chi connectivity index (χ1v) is 18.0. The smallest absolute Gasteiger partial charge is 0.252 e. The molecule has 3 aliphatic rings. The molecule has 2 aliphatic carbocycles. The largest absolute Gasteiger partial charge is 0.339 e. The fourth-order valence-corrected chi connectivity index (χ4v) is 8.91. The van der Waals surface area contributed by atoms with Crippen LogP contribution in [-0.4, -0.2) is 40.6 Å². The minimum atomic E-state index is -0.946. The van der Waals surface area contributed by atoms with Crippen molar-refractivity contribution in [1.29, 1.82) is 0 Å². The highest BCUT2D eigenvalue weighted by atomic mass is 32.1. The molecule has 0 spiro atoms. The van der Waals surface area contributed by atoms with Crippen molar-refractivity contribution in [3.63, 3.8) is 0 Å². The van der Waals surface area contributed by atoms with Gasteiger partial charge < -0.3 is 15.2 Å². The van der Waals surface area contributed by atoms with Gasteiger partial charge >= 0.3 is 0 Å². The lowest BCUT2D eigenvalue weighted by atomic mass is 9.82. The van der Waals surface area contributed by atoms with E-state index in [1.165, 1.54) is 60.7 Å². The number of benzene rings is 2. The first kappa shape index (κ1) is 31.8. The second kappa shape index (κ2) is 13.7. The lowest BCUT2D eigenvalue weighted by Crippen LogP contribution is -2.55. The molecule has 9 heteroatoms. The van der Waals surface area contributed by atoms with Crippen molar-refractivity contribution in [1.82, 2.24) is 14.9 Å². The SMILES string of the molecule is COOC/C=C/c1ccc(NC(=O)C2(NC(=O)c3ccc4c(C5CCCCC5)c5n(c4c3)CCCc3sc(C)nc3-5)CCCC2)cc1. The maximum atomic E-state index is 14.0. The lowest BCUT2D eigenvalue weighted by Gasteiger charge is -2.29. The van der Waals surface area contributed by atoms with E-state index >= 15 is 0 Å². The summed E-state index contributed by atoms with van der Waals surface area (Å²) in [6.07, 6.45) is 15.1. The zero-order valence-corrected chi connectivity index (χ0v) is 28.2. The van der Waals surface area contributed by atoms with Gasteiger partial charge in [-0.05, 0) is 86.8 Å². The van der Waals surface area contributed by atoms with Crippen molar-refractivity contribution >= 4 is 45.8 Å². The number of aryl methyl sites for hydroxylation is 3. The molecule has 2 amide bonds. The summed E-state index contributed by atoms with van der Waals surface area (Å²) < 4.78 is 2.45. The summed E-state index contributed by atoms with van der Waals surface area (Å²) in [5.74, 6) is 0.149. The molecule has 246 valence electrons. The molecule has 0 radical (unpaired) electrons. The molecule has 2 aromatic carbocycles. The molecule has 2 N–H and O–H groups in total. The van der Waals surface area contributed by atoms with Crippen LogP contribution in [0.1, 0.15) is 101 Å². The van der Waals surface area contributed by atoms with Gasteiger partial charge in [-0.15, -0.1) is 11.3 Å². The van der Waals surface area contributed by atoms with Gasteiger partial charge in [0.15, 0.2) is 0 Å². The standard InChI is InChI=1S/C38H44N4O4S/c1-25-39-34-32(47-25)13-8-22-42-31-24-28(16-19-30(31)33(35(34)42)27-11-4-3-5-12-27)36(43)41-38(20-6-7-21-38)37(44)40-29-17-14-26(15-18-29)10-9-23-46-45-2/h9-10,14-19,24,27H,3-8,11-13,20-23H2,1-2H3,(H,40,44)(H,41,43)/b10-9+. The quantitative estimate of drug-likeness (QED) is 0.108. The van der Waals surface area contributed by atoms with Crippen molar-refractivity contribution in [2.24, 2.45) is 0 Å². The normalized spacial score (nSPS) is 17.8. The van der Waals surface area contributed by atoms with Gasteiger partial charge in [0.1, 0.15) is 17.8 Å². The van der Waals surface area contributed by atoms with Crippen molar-refractivity contribution in [2.75, 3.05) is 19.0 Å². The number of fused-ring (bicyclic) bond motifs is 5. The predicted molar refractivity (Wildman–Crippen MR) is 188 cm³/mol. The summed E-state index contributed by atoms with van der Waals surface area (Å²) in [6.45, 7) is 3.37. The molecule has 0 bridgehead atoms. The molecule has 1 aliphatic heterocycles. The number of carbonyl (C=O) groups is 2. The second-order valence-corrected chi connectivity index (χ2v) is 14.5. The summed E-state index contributed by atoms with van der Waals surface area (Å²) in [4.78, 5) is 43.7. The topological polar surface area (TPSA) is 94.5 Å². The highest BCUT2D eigenvalue weighted by molar-refractivity contribution is 7.12. The molecule has 0 saturated heterocycles. The van der Waals surface area contributed by atoms with Crippen molar-refractivity contribution in [3.8, 4) is 11.4 Å². The zero-order chi connectivity index (χ0) is 32.4. The van der Waals surface area contributed by atoms with E-state index in [9.17, 15) is 9.59 Å². The maximum absolute atomic E-state index is 14.0. The molecule has 8 nitrogen and oxygen atoms in total. The predicted octanol–water partition coefficient (Wildman–Crippen LogP) is 8.34. The monoisotopic (exact) mass is 652 g/mol. The third-order valence-electron chi connectivity index (χ3n) is 10.2. The van der Waals surface area contributed by atoms with E-state index in [1.807, 2.05) is 53.8 Å². The van der Waals surface area contributed by atoms with E-state index < -0.39 is 5.54 Å². The summed E-state index contributed by atoms with van der Waals surface area (Å²) in [6, 6.07) is 13.8. The summed E-state index contributed by atoms with van der Waals surface area (Å²) in [7, 11) is 1.48. The minimum absolute atomic E-state index is 0.163. The Morgan fingerprint density at radius 1 is 1.04 bits per heavy atom. The fraction of sp³-hybridized carbons (Fsp3) is 0.447. The highest BCUT2D eigenvalue weighted by Crippen LogP contribution is 2.47. The molecule has 2 aromatic heterocycles. The number of thiazole rings is 1. The van der Waals surface area contributed by atoms with E-state index in [0.29, 0.717) is 36.6 Å². The average Bonchev–Trinajstić information content (AvgIpc) is 3.77. The van der Waals surface area contributed by atoms with E-state index in [-0.39, 0.29) is 11.8 Å². The third-order valence-corrected chi connectivity index (χ3v) is 11.2. The molecule has 0 unspecified atom stereocenters. The molecular formula is C38H44N4O4S. The van der Waals surface area contributed by atoms with Crippen LogP contribution in [0.3, 0.4) is 0 Å². The molecule has 4 aromatic rings. The summed E-state index contributed by atoms with van der Waals surface area (Å²) in [5, 5.41) is 8.66. The lowest BCUT2D eigenvalue weighted by molar-refractivity contribution is -0.263. The van der Waals surface area contributed by atoms with Gasteiger partial charge in [0.25, 0.3) is 5.91 Å². The minimum Gasteiger partial charge on any atom is -0.339 e. The summed E-state index contributed by atoms with van der Waals surface area (Å²) in [5.41, 5.74) is 6.30. The molecule has 2 saturated carbocycles. The van der Waals surface area contributed by atoms with Crippen molar-refractivity contribution in [3.05, 3.63) is 75.1 Å². The Balaban J connectivity index is 1.16. The highest BCUT2D eigenvalue weighted by Gasteiger charge is 2.43. The van der Waals surface area contributed by atoms with E-state index in [0.717, 1.165) is 54.0 Å². The van der Waals surface area contributed by atoms with Crippen LogP contribution in [-0.2, 0) is 27.5 Å². The third kappa shape index (κ3) is 6.41. The average molecular weight is 653 g/mol. The number of aromatic nitrogens is 2. The van der Waals surface area contributed by atoms with Crippen LogP contribution in [0, 0.1) is 6.92 Å². The number of nitrogens with one attached hydrogen (secondary N) is 2. The van der Waals surface area contributed by atoms with Gasteiger partial charge in [-0.3, -0.25) is 9.59 Å². The molecule has 47 heavy (non-hydrogen) atoms. The Hall–Kier alpha value is -3.79. The van der Waals surface area contributed by atoms with E-state index in [2.05, 4.69) is 39.1 Å². The summed E-state index contributed by atoms with van der Waals surface area (Å²) >= 11 is 1.83. The first-order valence-electron chi connectivity index (χ1n) is 17.1. The molecule has 3 heterocycles. The van der Waals surface area contributed by atoms with Crippen LogP contribution in [0.4, 0.5) is 5.69 Å². The molecule has 7 rings (SSSR count). The molecule has 2 fully saturated rings. The Morgan fingerprint density at radius 2 is 1.83 bits per heavy atom. The van der Waals surface area contributed by atoms with Gasteiger partial charge in [-0.25, -0.2) is 14.8 Å².